The first-order valence-corrected chi connectivity index (χ1v) is 9.59. The number of halogens is 4. The largest absolute Gasteiger partial charge is 0.391 e. The summed E-state index contributed by atoms with van der Waals surface area (Å²) in [5, 5.41) is 7.32. The molecule has 0 amide bonds. The maximum atomic E-state index is 12.8. The zero-order valence-corrected chi connectivity index (χ0v) is 18.5. The Morgan fingerprint density at radius 2 is 1.89 bits per heavy atom. The molecule has 1 N–H and O–H groups in total. The molecular formula is C18H29F3IN5O. The first-order chi connectivity index (χ1) is 13.0. The van der Waals surface area contributed by atoms with E-state index in [4.69, 9.17) is 4.52 Å². The minimum atomic E-state index is -4.04. The quantitative estimate of drug-likeness (QED) is 0.379. The summed E-state index contributed by atoms with van der Waals surface area (Å²) in [6.07, 6.45) is -0.719. The van der Waals surface area contributed by atoms with E-state index in [1.54, 1.807) is 13.3 Å². The van der Waals surface area contributed by atoms with Crippen molar-refractivity contribution in [3.05, 3.63) is 18.0 Å². The molecule has 6 nitrogen and oxygen atoms in total. The van der Waals surface area contributed by atoms with Crippen LogP contribution in [0.2, 0.25) is 0 Å². The van der Waals surface area contributed by atoms with Gasteiger partial charge in [-0.1, -0.05) is 5.16 Å². The second-order valence-electron chi connectivity index (χ2n) is 7.44. The average Bonchev–Trinajstić information content (AvgIpc) is 3.16. The summed E-state index contributed by atoms with van der Waals surface area (Å²) in [7, 11) is 1.75. The number of aliphatic imine (C=N–C) groups is 1. The molecule has 1 saturated carbocycles. The molecule has 160 valence electrons. The molecule has 0 unspecified atom stereocenters. The monoisotopic (exact) mass is 515 g/mol. The lowest BCUT2D eigenvalue weighted by molar-refractivity contribution is -0.183. The highest BCUT2D eigenvalue weighted by atomic mass is 127. The van der Waals surface area contributed by atoms with Crippen LogP contribution in [-0.4, -0.2) is 66.9 Å². The maximum absolute atomic E-state index is 12.8. The first kappa shape index (κ1) is 23.2. The van der Waals surface area contributed by atoms with Crippen molar-refractivity contribution in [2.24, 2.45) is 16.8 Å². The van der Waals surface area contributed by atoms with E-state index in [-0.39, 0.29) is 42.7 Å². The number of guanidine groups is 1. The fourth-order valence-corrected chi connectivity index (χ4v) is 3.93. The number of rotatable bonds is 4. The Kier molecular flexibility index (Phi) is 8.84. The summed E-state index contributed by atoms with van der Waals surface area (Å²) in [6.45, 7) is 5.00. The predicted molar refractivity (Wildman–Crippen MR) is 112 cm³/mol. The zero-order chi connectivity index (χ0) is 19.3. The molecule has 0 spiro atoms. The van der Waals surface area contributed by atoms with Gasteiger partial charge in [-0.05, 0) is 31.6 Å². The van der Waals surface area contributed by atoms with Gasteiger partial charge in [0.05, 0.1) is 11.6 Å². The van der Waals surface area contributed by atoms with Crippen LogP contribution in [-0.2, 0) is 6.54 Å². The van der Waals surface area contributed by atoms with E-state index in [0.29, 0.717) is 19.4 Å². The predicted octanol–water partition coefficient (Wildman–Crippen LogP) is 3.35. The molecule has 10 heteroatoms. The zero-order valence-electron chi connectivity index (χ0n) is 16.1. The van der Waals surface area contributed by atoms with Crippen molar-refractivity contribution in [2.45, 2.75) is 38.4 Å². The van der Waals surface area contributed by atoms with Crippen molar-refractivity contribution in [3.63, 3.8) is 0 Å². The number of nitrogens with one attached hydrogen (secondary N) is 1. The molecule has 0 aromatic carbocycles. The molecule has 1 saturated heterocycles. The van der Waals surface area contributed by atoms with Crippen LogP contribution in [0.3, 0.4) is 0 Å². The van der Waals surface area contributed by atoms with E-state index in [2.05, 4.69) is 25.3 Å². The van der Waals surface area contributed by atoms with Crippen LogP contribution in [0.15, 0.2) is 21.8 Å². The van der Waals surface area contributed by atoms with Crippen LogP contribution in [0.1, 0.15) is 31.4 Å². The fourth-order valence-electron chi connectivity index (χ4n) is 3.93. The number of piperazine rings is 1. The molecule has 2 aliphatic rings. The van der Waals surface area contributed by atoms with Crippen molar-refractivity contribution >= 4 is 29.9 Å². The third-order valence-electron chi connectivity index (χ3n) is 5.62. The summed E-state index contributed by atoms with van der Waals surface area (Å²) in [4.78, 5) is 8.89. The minimum absolute atomic E-state index is 0. The van der Waals surface area contributed by atoms with Gasteiger partial charge in [0.2, 0.25) is 0 Å². The molecule has 2 heterocycles. The van der Waals surface area contributed by atoms with Crippen LogP contribution in [0.4, 0.5) is 13.2 Å². The Labute approximate surface area is 180 Å². The Morgan fingerprint density at radius 3 is 2.43 bits per heavy atom. The van der Waals surface area contributed by atoms with E-state index in [1.807, 2.05) is 6.07 Å². The normalized spacial score (nSPS) is 24.7. The SMILES string of the molecule is CN=C(NCC1CCC(C(F)(F)F)CC1)N1CCN(Cc2ccon2)CC1.I. The van der Waals surface area contributed by atoms with Gasteiger partial charge in [0.1, 0.15) is 6.26 Å². The molecule has 0 bridgehead atoms. The van der Waals surface area contributed by atoms with Gasteiger partial charge in [-0.3, -0.25) is 9.89 Å². The van der Waals surface area contributed by atoms with Crippen LogP contribution < -0.4 is 5.32 Å². The van der Waals surface area contributed by atoms with Crippen LogP contribution >= 0.6 is 24.0 Å². The van der Waals surface area contributed by atoms with Crippen molar-refractivity contribution in [2.75, 3.05) is 39.8 Å². The van der Waals surface area contributed by atoms with E-state index >= 15 is 0 Å². The fraction of sp³-hybridized carbons (Fsp3) is 0.778. The summed E-state index contributed by atoms with van der Waals surface area (Å²) >= 11 is 0. The third-order valence-corrected chi connectivity index (χ3v) is 5.62. The number of hydrogen-bond acceptors (Lipinski definition) is 4. The lowest BCUT2D eigenvalue weighted by atomic mass is 9.81. The molecule has 1 aromatic heterocycles. The number of alkyl halides is 3. The van der Waals surface area contributed by atoms with Gasteiger partial charge in [0.15, 0.2) is 5.96 Å². The van der Waals surface area contributed by atoms with E-state index in [9.17, 15) is 13.2 Å². The maximum Gasteiger partial charge on any atom is 0.391 e. The molecule has 3 rings (SSSR count). The molecule has 1 aliphatic carbocycles. The highest BCUT2D eigenvalue weighted by molar-refractivity contribution is 14.0. The number of hydrogen-bond donors (Lipinski definition) is 1. The van der Waals surface area contributed by atoms with Crippen LogP contribution in [0.25, 0.3) is 0 Å². The molecule has 2 fully saturated rings. The topological polar surface area (TPSA) is 56.9 Å². The Morgan fingerprint density at radius 1 is 1.21 bits per heavy atom. The van der Waals surface area contributed by atoms with E-state index < -0.39 is 12.1 Å². The lowest BCUT2D eigenvalue weighted by Crippen LogP contribution is -2.52. The van der Waals surface area contributed by atoms with Gasteiger partial charge in [0, 0.05) is 52.4 Å². The van der Waals surface area contributed by atoms with Gasteiger partial charge < -0.3 is 14.7 Å². The molecule has 1 aromatic rings. The van der Waals surface area contributed by atoms with Crippen molar-refractivity contribution in [1.82, 2.24) is 20.3 Å². The summed E-state index contributed by atoms with van der Waals surface area (Å²) < 4.78 is 43.2. The van der Waals surface area contributed by atoms with Crippen LogP contribution in [0, 0.1) is 11.8 Å². The Hall–Kier alpha value is -1.04. The Balaban J connectivity index is 0.00000280. The number of aromatic nitrogens is 1. The standard InChI is InChI=1S/C18H28F3N5O.HI/c1-22-17(23-12-14-2-4-15(5-3-14)18(19,20)21)26-9-7-25(8-10-26)13-16-6-11-27-24-16;/h6,11,14-15H,2-5,7-10,12-13H2,1H3,(H,22,23);1H. The summed E-state index contributed by atoms with van der Waals surface area (Å²) in [5.41, 5.74) is 0.931. The molecule has 28 heavy (non-hydrogen) atoms. The number of nitrogens with zero attached hydrogens (tertiary/aromatic N) is 4. The van der Waals surface area contributed by atoms with Crippen molar-refractivity contribution < 1.29 is 17.7 Å². The van der Waals surface area contributed by atoms with Gasteiger partial charge in [0.25, 0.3) is 0 Å². The Bertz CT molecular complexity index is 595. The van der Waals surface area contributed by atoms with Crippen LogP contribution in [0.5, 0.6) is 0 Å². The third kappa shape index (κ3) is 6.50. The average molecular weight is 515 g/mol. The van der Waals surface area contributed by atoms with E-state index in [1.165, 1.54) is 0 Å². The van der Waals surface area contributed by atoms with Gasteiger partial charge >= 0.3 is 6.18 Å². The summed E-state index contributed by atoms with van der Waals surface area (Å²) in [5.74, 6) is 0.00805. The summed E-state index contributed by atoms with van der Waals surface area (Å²) in [6, 6.07) is 1.88. The highest BCUT2D eigenvalue weighted by Gasteiger charge is 2.41. The molecule has 0 radical (unpaired) electrons. The highest BCUT2D eigenvalue weighted by Crippen LogP contribution is 2.39. The van der Waals surface area contributed by atoms with Gasteiger partial charge in [-0.2, -0.15) is 13.2 Å². The minimum Gasteiger partial charge on any atom is -0.364 e. The smallest absolute Gasteiger partial charge is 0.364 e. The molecular weight excluding hydrogens is 486 g/mol. The second-order valence-corrected chi connectivity index (χ2v) is 7.44. The molecule has 0 atom stereocenters. The van der Waals surface area contributed by atoms with Gasteiger partial charge in [-0.25, -0.2) is 0 Å². The second kappa shape index (κ2) is 10.7. The van der Waals surface area contributed by atoms with Crippen molar-refractivity contribution in [1.29, 1.82) is 0 Å². The lowest BCUT2D eigenvalue weighted by Gasteiger charge is -2.37. The molecule has 1 aliphatic heterocycles. The van der Waals surface area contributed by atoms with Crippen molar-refractivity contribution in [3.8, 4) is 0 Å². The van der Waals surface area contributed by atoms with E-state index in [0.717, 1.165) is 44.4 Å². The first-order valence-electron chi connectivity index (χ1n) is 9.59. The van der Waals surface area contributed by atoms with Gasteiger partial charge in [-0.15, -0.1) is 24.0 Å².